The molecule has 2 aromatic rings. The largest absolute Gasteiger partial charge is 0.491 e. The van der Waals surface area contributed by atoms with Crippen LogP contribution >= 0.6 is 11.6 Å². The van der Waals surface area contributed by atoms with Gasteiger partial charge in [-0.05, 0) is 49.8 Å². The van der Waals surface area contributed by atoms with E-state index in [1.807, 2.05) is 6.92 Å². The van der Waals surface area contributed by atoms with Gasteiger partial charge in [0.2, 0.25) is 0 Å². The summed E-state index contributed by atoms with van der Waals surface area (Å²) < 4.78 is 20.8. The normalized spacial score (nSPS) is 11.9. The molecule has 0 unspecified atom stereocenters. The first kappa shape index (κ1) is 21.4. The molecule has 0 aliphatic rings. The average Bonchev–Trinajstić information content (AvgIpc) is 3.20. The van der Waals surface area contributed by atoms with Crippen LogP contribution < -0.4 is 14.8 Å². The maximum absolute atomic E-state index is 11.9. The molecule has 0 spiro atoms. The summed E-state index contributed by atoms with van der Waals surface area (Å²) >= 11 is 6.16. The van der Waals surface area contributed by atoms with Crippen LogP contribution in [0.5, 0.6) is 11.5 Å². The highest BCUT2D eigenvalue weighted by Crippen LogP contribution is 2.36. The lowest BCUT2D eigenvalue weighted by atomic mass is 10.2. The van der Waals surface area contributed by atoms with Crippen molar-refractivity contribution in [2.24, 2.45) is 0 Å². The van der Waals surface area contributed by atoms with Gasteiger partial charge in [0.25, 0.3) is 5.91 Å². The molecule has 0 aliphatic heterocycles. The number of furan rings is 1. The minimum Gasteiger partial charge on any atom is -0.491 e. The summed E-state index contributed by atoms with van der Waals surface area (Å²) in [5, 5.41) is 3.03. The predicted molar refractivity (Wildman–Crippen MR) is 104 cm³/mol. The molecule has 1 aromatic carbocycles. The highest BCUT2D eigenvalue weighted by molar-refractivity contribution is 6.32. The number of nitrogens with one attached hydrogen (secondary N) is 1. The summed E-state index contributed by atoms with van der Waals surface area (Å²) in [5.41, 5.74) is 0.627. The van der Waals surface area contributed by atoms with Gasteiger partial charge in [0, 0.05) is 6.08 Å². The number of carbonyl (C=O) groups is 2. The number of rotatable bonds is 9. The molecule has 0 saturated heterocycles. The maximum Gasteiger partial charge on any atom is 0.331 e. The van der Waals surface area contributed by atoms with E-state index in [4.69, 9.17) is 30.2 Å². The molecule has 1 atom stereocenters. The van der Waals surface area contributed by atoms with Crippen molar-refractivity contribution in [1.82, 2.24) is 5.32 Å². The average molecular weight is 408 g/mol. The van der Waals surface area contributed by atoms with Crippen molar-refractivity contribution in [3.05, 3.63) is 53.0 Å². The van der Waals surface area contributed by atoms with Crippen LogP contribution in [0.1, 0.15) is 31.2 Å². The van der Waals surface area contributed by atoms with Gasteiger partial charge in [-0.25, -0.2) is 4.79 Å². The second kappa shape index (κ2) is 10.4. The number of hydrogen-bond donors (Lipinski definition) is 1. The van der Waals surface area contributed by atoms with Crippen molar-refractivity contribution in [3.63, 3.8) is 0 Å². The van der Waals surface area contributed by atoms with Crippen LogP contribution in [-0.2, 0) is 14.3 Å². The number of halogens is 1. The molecular formula is C20H22ClNO6. The number of carbonyl (C=O) groups excluding carboxylic acids is 2. The van der Waals surface area contributed by atoms with Gasteiger partial charge in [-0.3, -0.25) is 4.79 Å². The van der Waals surface area contributed by atoms with E-state index in [2.05, 4.69) is 5.32 Å². The van der Waals surface area contributed by atoms with E-state index in [-0.39, 0.29) is 6.04 Å². The molecule has 1 heterocycles. The van der Waals surface area contributed by atoms with Crippen LogP contribution in [0.4, 0.5) is 0 Å². The van der Waals surface area contributed by atoms with E-state index in [1.54, 1.807) is 31.2 Å². The SMILES string of the molecule is CCOc1cc(/C=C/C(=O)OCC(=O)N[C@H](C)c2ccco2)cc(Cl)c1OC. The highest BCUT2D eigenvalue weighted by atomic mass is 35.5. The Morgan fingerprint density at radius 3 is 2.79 bits per heavy atom. The van der Waals surface area contributed by atoms with Crippen LogP contribution in [0.2, 0.25) is 5.02 Å². The third kappa shape index (κ3) is 6.06. The monoisotopic (exact) mass is 407 g/mol. The lowest BCUT2D eigenvalue weighted by Gasteiger charge is -2.12. The zero-order chi connectivity index (χ0) is 20.5. The Morgan fingerprint density at radius 1 is 1.36 bits per heavy atom. The fourth-order valence-corrected chi connectivity index (χ4v) is 2.68. The number of amides is 1. The van der Waals surface area contributed by atoms with Crippen molar-refractivity contribution >= 4 is 29.6 Å². The van der Waals surface area contributed by atoms with Crippen molar-refractivity contribution in [3.8, 4) is 11.5 Å². The van der Waals surface area contributed by atoms with Crippen LogP contribution in [0.3, 0.4) is 0 Å². The smallest absolute Gasteiger partial charge is 0.331 e. The van der Waals surface area contributed by atoms with Gasteiger partial charge < -0.3 is 23.9 Å². The molecule has 2 rings (SSSR count). The summed E-state index contributed by atoms with van der Waals surface area (Å²) in [6.45, 7) is 3.64. The van der Waals surface area contributed by atoms with Crippen molar-refractivity contribution in [2.75, 3.05) is 20.3 Å². The van der Waals surface area contributed by atoms with Crippen LogP contribution in [0.15, 0.2) is 41.0 Å². The summed E-state index contributed by atoms with van der Waals surface area (Å²) in [6.07, 6.45) is 4.24. The number of hydrogen-bond acceptors (Lipinski definition) is 6. The molecule has 1 aromatic heterocycles. The molecule has 1 amide bonds. The number of methoxy groups -OCH3 is 1. The van der Waals surface area contributed by atoms with Crippen molar-refractivity contribution < 1.29 is 28.2 Å². The van der Waals surface area contributed by atoms with E-state index in [0.29, 0.717) is 34.5 Å². The Kier molecular flexibility index (Phi) is 7.95. The first-order valence-corrected chi connectivity index (χ1v) is 9.00. The minimum atomic E-state index is -0.661. The number of benzene rings is 1. The summed E-state index contributed by atoms with van der Waals surface area (Å²) in [4.78, 5) is 23.7. The lowest BCUT2D eigenvalue weighted by Crippen LogP contribution is -2.30. The molecular weight excluding hydrogens is 386 g/mol. The topological polar surface area (TPSA) is 87.0 Å². The molecule has 0 fully saturated rings. The van der Waals surface area contributed by atoms with Gasteiger partial charge in [0.05, 0.1) is 31.0 Å². The van der Waals surface area contributed by atoms with E-state index < -0.39 is 18.5 Å². The highest BCUT2D eigenvalue weighted by Gasteiger charge is 2.13. The second-order valence-corrected chi connectivity index (χ2v) is 6.12. The van der Waals surface area contributed by atoms with Gasteiger partial charge in [-0.15, -0.1) is 0 Å². The quantitative estimate of drug-likeness (QED) is 0.503. The fourth-order valence-electron chi connectivity index (χ4n) is 2.39. The van der Waals surface area contributed by atoms with Gasteiger partial charge in [0.1, 0.15) is 5.76 Å². The molecule has 0 aliphatic carbocycles. The van der Waals surface area contributed by atoms with Gasteiger partial charge >= 0.3 is 5.97 Å². The zero-order valence-corrected chi connectivity index (χ0v) is 16.6. The Labute approximate surface area is 168 Å². The summed E-state index contributed by atoms with van der Waals surface area (Å²) in [6, 6.07) is 6.47. The molecule has 8 heteroatoms. The number of esters is 1. The molecule has 7 nitrogen and oxygen atoms in total. The fraction of sp³-hybridized carbons (Fsp3) is 0.300. The summed E-state index contributed by atoms with van der Waals surface area (Å²) in [7, 11) is 1.49. The van der Waals surface area contributed by atoms with Crippen molar-refractivity contribution in [1.29, 1.82) is 0 Å². The van der Waals surface area contributed by atoms with E-state index in [9.17, 15) is 9.59 Å². The van der Waals surface area contributed by atoms with E-state index in [1.165, 1.54) is 25.5 Å². The Bertz CT molecular complexity index is 831. The first-order chi connectivity index (χ1) is 13.4. The third-order valence-corrected chi connectivity index (χ3v) is 3.92. The van der Waals surface area contributed by atoms with E-state index in [0.717, 1.165) is 0 Å². The van der Waals surface area contributed by atoms with E-state index >= 15 is 0 Å². The van der Waals surface area contributed by atoms with Gasteiger partial charge in [-0.2, -0.15) is 0 Å². The Balaban J connectivity index is 1.90. The standard InChI is InChI=1S/C20H22ClNO6/c1-4-26-17-11-14(10-15(21)20(17)25-3)7-8-19(24)28-12-18(23)22-13(2)16-6-5-9-27-16/h5-11,13H,4,12H2,1-3H3,(H,22,23)/b8-7+/t13-/m1/s1. The molecule has 0 saturated carbocycles. The molecule has 150 valence electrons. The maximum atomic E-state index is 11.9. The lowest BCUT2D eigenvalue weighted by molar-refractivity contribution is -0.144. The molecule has 0 bridgehead atoms. The Hall–Kier alpha value is -2.93. The third-order valence-electron chi connectivity index (χ3n) is 3.64. The number of ether oxygens (including phenoxy) is 3. The molecule has 1 N–H and O–H groups in total. The molecule has 28 heavy (non-hydrogen) atoms. The van der Waals surface area contributed by atoms with Crippen LogP contribution in [0.25, 0.3) is 6.08 Å². The summed E-state index contributed by atoms with van der Waals surface area (Å²) in [5.74, 6) is 0.408. The molecule has 0 radical (unpaired) electrons. The Morgan fingerprint density at radius 2 is 2.14 bits per heavy atom. The zero-order valence-electron chi connectivity index (χ0n) is 15.9. The van der Waals surface area contributed by atoms with Gasteiger partial charge in [-0.1, -0.05) is 11.6 Å². The second-order valence-electron chi connectivity index (χ2n) is 5.71. The van der Waals surface area contributed by atoms with Crippen LogP contribution in [-0.4, -0.2) is 32.2 Å². The van der Waals surface area contributed by atoms with Crippen LogP contribution in [0, 0.1) is 0 Å². The minimum absolute atomic E-state index is 0.324. The first-order valence-electron chi connectivity index (χ1n) is 8.62. The predicted octanol–water partition coefficient (Wildman–Crippen LogP) is 3.77. The van der Waals surface area contributed by atoms with Gasteiger partial charge in [0.15, 0.2) is 18.1 Å². The van der Waals surface area contributed by atoms with Crippen molar-refractivity contribution in [2.45, 2.75) is 19.9 Å².